The first-order valence-electron chi connectivity index (χ1n) is 15.6. The molecule has 0 saturated carbocycles. The molecular formula is C33H50N6O3S. The summed E-state index contributed by atoms with van der Waals surface area (Å²) in [6.45, 7) is 13.2. The Kier molecular flexibility index (Phi) is 14.3. The highest BCUT2D eigenvalue weighted by atomic mass is 32.2. The fraction of sp³-hybridized carbons (Fsp3) is 0.545. The van der Waals surface area contributed by atoms with Crippen LogP contribution < -0.4 is 21.7 Å². The lowest BCUT2D eigenvalue weighted by atomic mass is 10.0. The zero-order chi connectivity index (χ0) is 31.2. The van der Waals surface area contributed by atoms with E-state index in [0.29, 0.717) is 32.6 Å². The van der Waals surface area contributed by atoms with Crippen LogP contribution in [0.5, 0.6) is 0 Å². The van der Waals surface area contributed by atoms with E-state index in [1.165, 1.54) is 17.3 Å². The summed E-state index contributed by atoms with van der Waals surface area (Å²) in [6.07, 6.45) is 2.14. The van der Waals surface area contributed by atoms with Crippen molar-refractivity contribution in [2.24, 2.45) is 5.73 Å². The minimum atomic E-state index is -0.814. The molecule has 5 N–H and O–H groups in total. The average molecular weight is 611 g/mol. The van der Waals surface area contributed by atoms with E-state index in [1.54, 1.807) is 4.90 Å². The number of hydrogen-bond donors (Lipinski definition) is 4. The molecule has 0 spiro atoms. The molecule has 1 aliphatic rings. The summed E-state index contributed by atoms with van der Waals surface area (Å²) in [5.41, 5.74) is 9.64. The Morgan fingerprint density at radius 1 is 1.02 bits per heavy atom. The van der Waals surface area contributed by atoms with Gasteiger partial charge in [-0.2, -0.15) is 0 Å². The second-order valence-corrected chi connectivity index (χ2v) is 12.4. The van der Waals surface area contributed by atoms with E-state index in [1.807, 2.05) is 49.4 Å². The predicted octanol–water partition coefficient (Wildman–Crippen LogP) is 3.42. The molecule has 1 aliphatic heterocycles. The number of carbonyl (C=O) groups is 3. The van der Waals surface area contributed by atoms with Crippen LogP contribution in [0.1, 0.15) is 57.6 Å². The summed E-state index contributed by atoms with van der Waals surface area (Å²) < 4.78 is 0. The highest BCUT2D eigenvalue weighted by molar-refractivity contribution is 8.01. The largest absolute Gasteiger partial charge is 0.383 e. The molecule has 1 saturated heterocycles. The Hall–Kier alpha value is -3.08. The molecule has 0 bridgehead atoms. The summed E-state index contributed by atoms with van der Waals surface area (Å²) in [5, 5.41) is 8.63. The average Bonchev–Trinajstić information content (AvgIpc) is 3.36. The zero-order valence-electron chi connectivity index (χ0n) is 26.2. The van der Waals surface area contributed by atoms with Crippen molar-refractivity contribution in [2.75, 3.05) is 51.1 Å². The Morgan fingerprint density at radius 3 is 2.37 bits per heavy atom. The van der Waals surface area contributed by atoms with Crippen LogP contribution in [-0.2, 0) is 20.8 Å². The van der Waals surface area contributed by atoms with E-state index in [-0.39, 0.29) is 28.9 Å². The third-order valence-electron chi connectivity index (χ3n) is 8.03. The van der Waals surface area contributed by atoms with Gasteiger partial charge in [0.05, 0.1) is 0 Å². The normalized spacial score (nSPS) is 18.0. The molecule has 10 heteroatoms. The number of rotatable bonds is 18. The lowest BCUT2D eigenvalue weighted by Gasteiger charge is -2.27. The van der Waals surface area contributed by atoms with Gasteiger partial charge in [-0.25, -0.2) is 0 Å². The van der Waals surface area contributed by atoms with E-state index in [4.69, 9.17) is 5.73 Å². The van der Waals surface area contributed by atoms with Crippen LogP contribution in [-0.4, -0.2) is 90.0 Å². The number of nitrogens with zero attached hydrogens (tertiary/aromatic N) is 2. The van der Waals surface area contributed by atoms with E-state index in [2.05, 4.69) is 53.8 Å². The minimum absolute atomic E-state index is 0.00195. The van der Waals surface area contributed by atoms with E-state index in [9.17, 15) is 14.4 Å². The predicted molar refractivity (Wildman–Crippen MR) is 177 cm³/mol. The fourth-order valence-electron chi connectivity index (χ4n) is 5.20. The van der Waals surface area contributed by atoms with Gasteiger partial charge in [0.15, 0.2) is 0 Å². The van der Waals surface area contributed by atoms with Gasteiger partial charge in [-0.05, 0) is 62.0 Å². The molecule has 3 rings (SSSR count). The fourth-order valence-corrected chi connectivity index (χ4v) is 6.66. The van der Waals surface area contributed by atoms with Gasteiger partial charge < -0.3 is 31.5 Å². The molecule has 0 radical (unpaired) electrons. The smallest absolute Gasteiger partial charge is 0.239 e. The Labute approximate surface area is 261 Å². The van der Waals surface area contributed by atoms with Crippen molar-refractivity contribution in [1.29, 1.82) is 0 Å². The standard InChI is InChI=1S/C33H50N6O3S/c1-5-38(6-2)21-20-35-29(40)15-11-12-25-16-18-27(19-17-25)36-23-28-32(42)39(7-3)33(43-28)30(34)31(41)37-22-24(4)26-13-9-8-10-14-26/h8-10,13-14,16-19,24,28,30,33,36H,5-7,11-12,15,20-23,34H2,1-4H3,(H,35,40)(H,37,41)/t24?,28-,30-,33?/m1/s1. The Balaban J connectivity index is 1.41. The lowest BCUT2D eigenvalue weighted by Crippen LogP contribution is -2.53. The number of hydrogen-bond acceptors (Lipinski definition) is 7. The van der Waals surface area contributed by atoms with Gasteiger partial charge in [0.1, 0.15) is 16.7 Å². The van der Waals surface area contributed by atoms with Crippen molar-refractivity contribution < 1.29 is 14.4 Å². The quantitative estimate of drug-likeness (QED) is 0.204. The van der Waals surface area contributed by atoms with E-state index < -0.39 is 11.4 Å². The van der Waals surface area contributed by atoms with Crippen LogP contribution in [0.2, 0.25) is 0 Å². The van der Waals surface area contributed by atoms with Crippen molar-refractivity contribution in [3.05, 3.63) is 65.7 Å². The molecule has 9 nitrogen and oxygen atoms in total. The number of thioether (sulfide) groups is 1. The van der Waals surface area contributed by atoms with E-state index >= 15 is 0 Å². The third kappa shape index (κ3) is 10.5. The molecule has 0 aromatic heterocycles. The highest BCUT2D eigenvalue weighted by Crippen LogP contribution is 2.33. The van der Waals surface area contributed by atoms with Gasteiger partial charge in [0, 0.05) is 44.8 Å². The molecule has 236 valence electrons. The first-order chi connectivity index (χ1) is 20.8. The molecule has 1 fully saturated rings. The van der Waals surface area contributed by atoms with Crippen molar-refractivity contribution >= 4 is 35.2 Å². The number of likely N-dealkylation sites (N-methyl/N-ethyl adjacent to an activating group) is 2. The summed E-state index contributed by atoms with van der Waals surface area (Å²) in [4.78, 5) is 42.2. The summed E-state index contributed by atoms with van der Waals surface area (Å²) in [6, 6.07) is 17.3. The van der Waals surface area contributed by atoms with Crippen LogP contribution in [0.4, 0.5) is 5.69 Å². The van der Waals surface area contributed by atoms with Crippen molar-refractivity contribution in [3.63, 3.8) is 0 Å². The van der Waals surface area contributed by atoms with Crippen LogP contribution >= 0.6 is 11.8 Å². The number of benzene rings is 2. The molecule has 1 heterocycles. The van der Waals surface area contributed by atoms with Crippen molar-refractivity contribution in [1.82, 2.24) is 20.4 Å². The number of aryl methyl sites for hydroxylation is 1. The zero-order valence-corrected chi connectivity index (χ0v) is 27.0. The summed E-state index contributed by atoms with van der Waals surface area (Å²) in [5.74, 6) is 0.0150. The van der Waals surface area contributed by atoms with Gasteiger partial charge >= 0.3 is 0 Å². The number of nitrogens with two attached hydrogens (primary N) is 1. The molecule has 0 aliphatic carbocycles. The topological polar surface area (TPSA) is 120 Å². The van der Waals surface area contributed by atoms with Gasteiger partial charge in [-0.15, -0.1) is 11.8 Å². The maximum Gasteiger partial charge on any atom is 0.239 e. The Morgan fingerprint density at radius 2 is 1.72 bits per heavy atom. The number of amides is 3. The van der Waals surface area contributed by atoms with Gasteiger partial charge in [0.25, 0.3) is 0 Å². The lowest BCUT2D eigenvalue weighted by molar-refractivity contribution is -0.131. The molecule has 2 unspecified atom stereocenters. The summed E-state index contributed by atoms with van der Waals surface area (Å²) in [7, 11) is 0. The van der Waals surface area contributed by atoms with Gasteiger partial charge in [-0.3, -0.25) is 14.4 Å². The molecule has 2 aromatic carbocycles. The van der Waals surface area contributed by atoms with Gasteiger partial charge in [0.2, 0.25) is 17.7 Å². The minimum Gasteiger partial charge on any atom is -0.383 e. The highest BCUT2D eigenvalue weighted by Gasteiger charge is 2.44. The maximum atomic E-state index is 13.1. The molecule has 43 heavy (non-hydrogen) atoms. The van der Waals surface area contributed by atoms with E-state index in [0.717, 1.165) is 43.7 Å². The second kappa shape index (κ2) is 17.9. The third-order valence-corrected chi connectivity index (χ3v) is 9.55. The van der Waals surface area contributed by atoms with Crippen LogP contribution in [0.25, 0.3) is 0 Å². The molecular weight excluding hydrogens is 560 g/mol. The number of carbonyl (C=O) groups excluding carboxylic acids is 3. The maximum absolute atomic E-state index is 13.1. The van der Waals surface area contributed by atoms with Crippen LogP contribution in [0.15, 0.2) is 54.6 Å². The van der Waals surface area contributed by atoms with Crippen LogP contribution in [0.3, 0.4) is 0 Å². The van der Waals surface area contributed by atoms with Crippen LogP contribution in [0, 0.1) is 0 Å². The summed E-state index contributed by atoms with van der Waals surface area (Å²) >= 11 is 1.45. The van der Waals surface area contributed by atoms with Crippen molar-refractivity contribution in [2.45, 2.75) is 69.5 Å². The number of nitrogens with one attached hydrogen (secondary N) is 3. The monoisotopic (exact) mass is 610 g/mol. The number of anilines is 1. The first-order valence-corrected chi connectivity index (χ1v) is 16.6. The Bertz CT molecular complexity index is 1150. The van der Waals surface area contributed by atoms with Gasteiger partial charge in [-0.1, -0.05) is 63.2 Å². The van der Waals surface area contributed by atoms with Crippen molar-refractivity contribution in [3.8, 4) is 0 Å². The second-order valence-electron chi connectivity index (χ2n) is 11.0. The molecule has 4 atom stereocenters. The molecule has 2 aromatic rings. The molecule has 3 amide bonds. The first kappa shape index (κ1) is 34.4. The SMILES string of the molecule is CCN(CC)CCNC(=O)CCCc1ccc(NC[C@H]2SC([C@H](N)C(=O)NCC(C)c3ccccc3)N(CC)C2=O)cc1.